The normalized spacial score (nSPS) is 13.5. The van der Waals surface area contributed by atoms with Gasteiger partial charge in [0.2, 0.25) is 0 Å². The van der Waals surface area contributed by atoms with Gasteiger partial charge in [-0.05, 0) is 0 Å². The zero-order valence-electron chi connectivity index (χ0n) is 7.31. The molecule has 2 nitrogen and oxygen atoms in total. The Kier molecular flexibility index (Phi) is 5.15. The summed E-state index contributed by atoms with van der Waals surface area (Å²) in [5, 5.41) is 0.761. The van der Waals surface area contributed by atoms with Crippen LogP contribution < -0.4 is 0 Å². The van der Waals surface area contributed by atoms with Gasteiger partial charge in [0.05, 0.1) is 0 Å². The zero-order valence-corrected chi connectivity index (χ0v) is 11.0. The summed E-state index contributed by atoms with van der Waals surface area (Å²) in [6.45, 7) is 8.20. The summed E-state index contributed by atoms with van der Waals surface area (Å²) < 4.78 is -2.60. The third-order valence-electron chi connectivity index (χ3n) is 1.24. The molecule has 0 saturated carbocycles. The molecule has 0 rings (SSSR count). The van der Waals surface area contributed by atoms with Gasteiger partial charge in [-0.25, -0.2) is 0 Å². The molecule has 11 heavy (non-hydrogen) atoms. The van der Waals surface area contributed by atoms with Crippen LogP contribution in [-0.2, 0) is 29.4 Å². The standard InChI is InChI=1S/C6H16O2PS.Mo/c1-5(2)10(6(3)4)9(7)8;/h5-8H,1-4H3;/q+1;-1. The molecule has 5 heteroatoms. The van der Waals surface area contributed by atoms with Gasteiger partial charge in [0, 0.05) is 0 Å². The Hall–Kier alpha value is 1.39. The van der Waals surface area contributed by atoms with Crippen molar-refractivity contribution in [1.29, 1.82) is 0 Å². The van der Waals surface area contributed by atoms with Crippen molar-refractivity contribution in [3.63, 3.8) is 0 Å². The molecular formula is C6H16MoO2PS. The summed E-state index contributed by atoms with van der Waals surface area (Å²) in [6, 6.07) is 0. The van der Waals surface area contributed by atoms with Crippen LogP contribution in [0.4, 0.5) is 0 Å². The van der Waals surface area contributed by atoms with E-state index in [1.807, 2.05) is 0 Å². The molecule has 0 unspecified atom stereocenters. The Morgan fingerprint density at radius 3 is 1.36 bits per heavy atom. The van der Waals surface area contributed by atoms with E-state index >= 15 is 0 Å². The quantitative estimate of drug-likeness (QED) is 0.596. The molecule has 0 heterocycles. The minimum atomic E-state index is -2.60. The number of rotatable bonds is 2. The van der Waals surface area contributed by atoms with Crippen LogP contribution in [0.15, 0.2) is 0 Å². The van der Waals surface area contributed by atoms with Crippen LogP contribution in [0.3, 0.4) is 0 Å². The second-order valence-electron chi connectivity index (χ2n) is 2.93. The van der Waals surface area contributed by atoms with Gasteiger partial charge < -0.3 is 0 Å². The van der Waals surface area contributed by atoms with Crippen LogP contribution in [0, 0.1) is 0 Å². The van der Waals surface area contributed by atoms with E-state index in [1.165, 1.54) is 19.3 Å². The third-order valence-corrected chi connectivity index (χ3v) is 11.7. The van der Waals surface area contributed by atoms with Crippen molar-refractivity contribution in [2.75, 3.05) is 0 Å². The number of hydrogen-bond acceptors (Lipinski definition) is 0. The van der Waals surface area contributed by atoms with Crippen LogP contribution in [0.2, 0.25) is 0 Å². The minimum absolute atomic E-state index is 0.219. The average Bonchev–Trinajstić information content (AvgIpc) is 1.54. The van der Waals surface area contributed by atoms with Crippen LogP contribution in [0.25, 0.3) is 0 Å². The van der Waals surface area contributed by atoms with Gasteiger partial charge in [0.25, 0.3) is 0 Å². The molecular weight excluding hydrogens is 263 g/mol. The maximum absolute atomic E-state index is 9.50. The van der Waals surface area contributed by atoms with Crippen LogP contribution in [0.5, 0.6) is 0 Å². The monoisotopic (exact) mass is 281 g/mol. The molecule has 69 valence electrons. The van der Waals surface area contributed by atoms with Gasteiger partial charge in [0.1, 0.15) is 0 Å². The van der Waals surface area contributed by atoms with E-state index in [9.17, 15) is 9.79 Å². The van der Waals surface area contributed by atoms with Crippen LogP contribution in [-0.4, -0.2) is 20.3 Å². The molecule has 0 aliphatic heterocycles. The molecule has 0 spiro atoms. The fourth-order valence-corrected chi connectivity index (χ4v) is 14.2. The molecule has 2 N–H and O–H groups in total. The topological polar surface area (TPSA) is 40.5 Å². The van der Waals surface area contributed by atoms with Crippen LogP contribution >= 0.6 is 4.58 Å². The number of hydrogen-bond donors (Lipinski definition) is 2. The summed E-state index contributed by atoms with van der Waals surface area (Å²) >= 11 is 1.50. The van der Waals surface area contributed by atoms with Crippen molar-refractivity contribution in [3.8, 4) is 0 Å². The predicted molar refractivity (Wildman–Crippen MR) is 49.0 cm³/mol. The second-order valence-corrected chi connectivity index (χ2v) is 14.9. The van der Waals surface area contributed by atoms with Crippen molar-refractivity contribution >= 4 is 14.7 Å². The van der Waals surface area contributed by atoms with E-state index in [4.69, 9.17) is 0 Å². The van der Waals surface area contributed by atoms with Gasteiger partial charge >= 0.3 is 81.9 Å². The molecule has 0 saturated heterocycles. The Morgan fingerprint density at radius 2 is 1.36 bits per heavy atom. The summed E-state index contributed by atoms with van der Waals surface area (Å²) in [5.41, 5.74) is 0. The second kappa shape index (κ2) is 4.58. The fraction of sp³-hybridized carbons (Fsp3) is 1.00. The van der Waals surface area contributed by atoms with Crippen molar-refractivity contribution < 1.29 is 29.1 Å². The molecule has 0 aliphatic carbocycles. The van der Waals surface area contributed by atoms with E-state index in [0.29, 0.717) is 10.5 Å². The Balaban J connectivity index is 4.91. The zero-order chi connectivity index (χ0) is 9.23. The van der Waals surface area contributed by atoms with Gasteiger partial charge in [-0.2, -0.15) is 0 Å². The Morgan fingerprint density at radius 1 is 1.09 bits per heavy atom. The molecule has 0 bridgehead atoms. The van der Waals surface area contributed by atoms with Crippen LogP contribution in [0.1, 0.15) is 27.7 Å². The maximum atomic E-state index is 9.50. The molecule has 0 fully saturated rings. The molecule has 0 aliphatic rings. The van der Waals surface area contributed by atoms with Crippen molar-refractivity contribution in [3.05, 3.63) is 0 Å². The summed E-state index contributed by atoms with van der Waals surface area (Å²) in [4.78, 5) is 19.0. The van der Waals surface area contributed by atoms with Crippen molar-refractivity contribution in [1.82, 2.24) is 0 Å². The average molecular weight is 279 g/mol. The molecule has 0 aromatic carbocycles. The van der Waals surface area contributed by atoms with E-state index in [-0.39, 0.29) is 10.1 Å². The molecule has 0 aromatic rings. The summed E-state index contributed by atoms with van der Waals surface area (Å²) in [7, 11) is -0.219. The van der Waals surface area contributed by atoms with E-state index < -0.39 is 4.58 Å². The van der Waals surface area contributed by atoms with Gasteiger partial charge in [-0.1, -0.05) is 0 Å². The van der Waals surface area contributed by atoms with E-state index in [1.54, 1.807) is 0 Å². The van der Waals surface area contributed by atoms with Gasteiger partial charge in [-0.3, -0.25) is 0 Å². The van der Waals surface area contributed by atoms with Gasteiger partial charge in [0.15, 0.2) is 0 Å². The fourth-order valence-electron chi connectivity index (χ4n) is 1.09. The first kappa shape index (κ1) is 12.4. The van der Waals surface area contributed by atoms with E-state index in [2.05, 4.69) is 27.7 Å². The summed E-state index contributed by atoms with van der Waals surface area (Å²) in [5.74, 6) is 0. The SMILES string of the molecule is CC(C)S(C(C)C)=[P](O)(O)[Mo]. The first-order chi connectivity index (χ1) is 4.76. The van der Waals surface area contributed by atoms with Crippen molar-refractivity contribution in [2.24, 2.45) is 0 Å². The first-order valence-electron chi connectivity index (χ1n) is 3.55. The van der Waals surface area contributed by atoms with Gasteiger partial charge in [-0.15, -0.1) is 0 Å². The Labute approximate surface area is 81.9 Å². The van der Waals surface area contributed by atoms with Crippen molar-refractivity contribution in [2.45, 2.75) is 38.2 Å². The molecule has 0 radical (unpaired) electrons. The predicted octanol–water partition coefficient (Wildman–Crippen LogP) is 1.63. The van der Waals surface area contributed by atoms with E-state index in [0.717, 1.165) is 0 Å². The molecule has 0 aromatic heterocycles. The Bertz CT molecular complexity index is 167. The molecule has 0 amide bonds. The molecule has 0 atom stereocenters. The third kappa shape index (κ3) is 4.24. The summed E-state index contributed by atoms with van der Waals surface area (Å²) in [6.07, 6.45) is 0. The first-order valence-corrected chi connectivity index (χ1v) is 9.81.